The van der Waals surface area contributed by atoms with E-state index < -0.39 is 5.60 Å². The van der Waals surface area contributed by atoms with Crippen molar-refractivity contribution in [1.29, 1.82) is 0 Å². The van der Waals surface area contributed by atoms with Gasteiger partial charge in [0, 0.05) is 17.9 Å². The highest BCUT2D eigenvalue weighted by molar-refractivity contribution is 5.18. The van der Waals surface area contributed by atoms with E-state index in [2.05, 4.69) is 45.3 Å². The number of aliphatic hydroxyl groups excluding tert-OH is 1. The molecule has 4 rings (SSSR count). The first-order chi connectivity index (χ1) is 18.6. The molecule has 5 nitrogen and oxygen atoms in total. The van der Waals surface area contributed by atoms with E-state index in [1.165, 1.54) is 44.9 Å². The third-order valence-corrected chi connectivity index (χ3v) is 12.8. The first-order valence-electron chi connectivity index (χ1n) is 17.1. The van der Waals surface area contributed by atoms with E-state index in [1.807, 2.05) is 0 Å². The number of nitrogens with two attached hydrogens (primary N) is 1. The van der Waals surface area contributed by atoms with Gasteiger partial charge in [0.25, 0.3) is 0 Å². The fraction of sp³-hybridized carbons (Fsp3) is 1.00. The van der Waals surface area contributed by atoms with Crippen molar-refractivity contribution < 1.29 is 10.2 Å². The summed E-state index contributed by atoms with van der Waals surface area (Å²) < 4.78 is 0. The first kappa shape index (κ1) is 31.7. The van der Waals surface area contributed by atoms with Gasteiger partial charge in [-0.3, -0.25) is 0 Å². The molecule has 0 spiro atoms. The maximum Gasteiger partial charge on any atom is 0.0880 e. The summed E-state index contributed by atoms with van der Waals surface area (Å²) in [5.74, 6) is 4.56. The summed E-state index contributed by atoms with van der Waals surface area (Å²) in [5.41, 5.74) is 5.16. The third kappa shape index (κ3) is 6.43. The molecular formula is C34H65N3O2. The number of fused-ring (bicyclic) bond motifs is 5. The van der Waals surface area contributed by atoms with E-state index in [9.17, 15) is 10.2 Å². The Morgan fingerprint density at radius 3 is 2.38 bits per heavy atom. The quantitative estimate of drug-likeness (QED) is 0.176. The van der Waals surface area contributed by atoms with Crippen LogP contribution in [0.3, 0.4) is 0 Å². The standard InChI is InChI=1S/C34H65N3O2/c1-24(2)10-8-11-25(3)28-12-13-29-27-22-31(37-21-9-20-36-19-7-6-18-35)34(39)23-26(38)14-17-33(34,5)30(27)15-16-32(28,29)4/h24-31,36-39H,6-23,35H2,1-5H3/t25-,26?,27+,28-,29+,30+,31?,32-,33-,34?/m1/s1. The van der Waals surface area contributed by atoms with Gasteiger partial charge in [0.1, 0.15) is 0 Å². The first-order valence-corrected chi connectivity index (χ1v) is 17.1. The normalized spacial score (nSPS) is 42.7. The molecule has 0 heterocycles. The third-order valence-electron chi connectivity index (χ3n) is 12.8. The summed E-state index contributed by atoms with van der Waals surface area (Å²) in [7, 11) is 0. The van der Waals surface area contributed by atoms with Crippen LogP contribution in [0.15, 0.2) is 0 Å². The van der Waals surface area contributed by atoms with Crippen molar-refractivity contribution in [2.75, 3.05) is 26.2 Å². The predicted molar refractivity (Wildman–Crippen MR) is 163 cm³/mol. The molecule has 39 heavy (non-hydrogen) atoms. The zero-order valence-corrected chi connectivity index (χ0v) is 26.3. The molecule has 0 aromatic rings. The minimum atomic E-state index is -0.809. The number of unbranched alkanes of at least 4 members (excludes halogenated alkanes) is 1. The molecule has 228 valence electrons. The summed E-state index contributed by atoms with van der Waals surface area (Å²) in [6.07, 6.45) is 15.9. The molecule has 3 unspecified atom stereocenters. The predicted octanol–water partition coefficient (Wildman–Crippen LogP) is 5.87. The Morgan fingerprint density at radius 2 is 1.64 bits per heavy atom. The van der Waals surface area contributed by atoms with Crippen LogP contribution >= 0.6 is 0 Å². The molecule has 0 bridgehead atoms. The van der Waals surface area contributed by atoms with Gasteiger partial charge in [-0.25, -0.2) is 0 Å². The summed E-state index contributed by atoms with van der Waals surface area (Å²) in [6.45, 7) is 16.1. The van der Waals surface area contributed by atoms with Gasteiger partial charge in [-0.2, -0.15) is 0 Å². The lowest BCUT2D eigenvalue weighted by Crippen LogP contribution is -2.71. The fourth-order valence-corrected chi connectivity index (χ4v) is 10.6. The van der Waals surface area contributed by atoms with Gasteiger partial charge in [0.05, 0.1) is 11.7 Å². The van der Waals surface area contributed by atoms with E-state index in [0.29, 0.717) is 23.7 Å². The monoisotopic (exact) mass is 548 g/mol. The zero-order chi connectivity index (χ0) is 28.3. The summed E-state index contributed by atoms with van der Waals surface area (Å²) in [5, 5.41) is 30.6. The van der Waals surface area contributed by atoms with E-state index in [4.69, 9.17) is 5.73 Å². The summed E-state index contributed by atoms with van der Waals surface area (Å²) in [4.78, 5) is 0. The number of hydrogen-bond donors (Lipinski definition) is 5. The van der Waals surface area contributed by atoms with Crippen LogP contribution in [0.1, 0.15) is 125 Å². The molecule has 6 N–H and O–H groups in total. The van der Waals surface area contributed by atoms with Gasteiger partial charge >= 0.3 is 0 Å². The Hall–Kier alpha value is -0.200. The Morgan fingerprint density at radius 1 is 0.872 bits per heavy atom. The van der Waals surface area contributed by atoms with Crippen LogP contribution < -0.4 is 16.4 Å². The second-order valence-corrected chi connectivity index (χ2v) is 15.5. The minimum Gasteiger partial charge on any atom is -0.393 e. The zero-order valence-electron chi connectivity index (χ0n) is 26.3. The van der Waals surface area contributed by atoms with Crippen molar-refractivity contribution in [3.63, 3.8) is 0 Å². The average Bonchev–Trinajstić information content (AvgIpc) is 3.24. The molecule has 0 saturated heterocycles. The Bertz CT molecular complexity index is 763. The van der Waals surface area contributed by atoms with Gasteiger partial charge in [-0.05, 0) is 131 Å². The van der Waals surface area contributed by atoms with Crippen molar-refractivity contribution in [1.82, 2.24) is 10.6 Å². The molecule has 10 atom stereocenters. The van der Waals surface area contributed by atoms with Gasteiger partial charge in [0.2, 0.25) is 0 Å². The van der Waals surface area contributed by atoms with Gasteiger partial charge in [0.15, 0.2) is 0 Å². The van der Waals surface area contributed by atoms with Crippen LogP contribution in [0.2, 0.25) is 0 Å². The van der Waals surface area contributed by atoms with Gasteiger partial charge < -0.3 is 26.6 Å². The van der Waals surface area contributed by atoms with Crippen molar-refractivity contribution in [3.8, 4) is 0 Å². The minimum absolute atomic E-state index is 0.0841. The Balaban J connectivity index is 1.45. The highest BCUT2D eigenvalue weighted by atomic mass is 16.3. The highest BCUT2D eigenvalue weighted by Crippen LogP contribution is 2.69. The SMILES string of the molecule is CC(C)CCC[C@@H](C)[C@H]1CC[C@H]2[C@@H]3CC(NCCCNCCCCN)C4(O)CC(O)CC[C@]4(C)[C@H]3CC[C@]12C. The molecule has 4 fully saturated rings. The van der Waals surface area contributed by atoms with Crippen LogP contribution in [0.4, 0.5) is 0 Å². The maximum atomic E-state index is 12.5. The fourth-order valence-electron chi connectivity index (χ4n) is 10.6. The topological polar surface area (TPSA) is 90.5 Å². The Kier molecular flexibility index (Phi) is 10.9. The lowest BCUT2D eigenvalue weighted by molar-refractivity contribution is -0.234. The van der Waals surface area contributed by atoms with Crippen molar-refractivity contribution in [3.05, 3.63) is 0 Å². The second kappa shape index (κ2) is 13.4. The molecule has 0 aromatic heterocycles. The molecule has 4 aliphatic rings. The lowest BCUT2D eigenvalue weighted by atomic mass is 9.42. The lowest BCUT2D eigenvalue weighted by Gasteiger charge is -2.66. The molecule has 0 amide bonds. The highest BCUT2D eigenvalue weighted by Gasteiger charge is 2.67. The number of rotatable bonds is 14. The molecular weight excluding hydrogens is 482 g/mol. The van der Waals surface area contributed by atoms with Crippen LogP contribution in [-0.2, 0) is 0 Å². The van der Waals surface area contributed by atoms with E-state index in [1.54, 1.807) is 0 Å². The van der Waals surface area contributed by atoms with Crippen LogP contribution in [0, 0.1) is 46.3 Å². The largest absolute Gasteiger partial charge is 0.393 e. The van der Waals surface area contributed by atoms with E-state index in [-0.39, 0.29) is 17.6 Å². The summed E-state index contributed by atoms with van der Waals surface area (Å²) >= 11 is 0. The maximum absolute atomic E-state index is 12.5. The van der Waals surface area contributed by atoms with E-state index in [0.717, 1.165) is 88.4 Å². The van der Waals surface area contributed by atoms with E-state index >= 15 is 0 Å². The molecule has 4 saturated carbocycles. The number of aliphatic hydroxyl groups is 2. The Labute approximate surface area is 241 Å². The van der Waals surface area contributed by atoms with Crippen molar-refractivity contribution in [2.45, 2.75) is 142 Å². The second-order valence-electron chi connectivity index (χ2n) is 15.5. The van der Waals surface area contributed by atoms with Crippen molar-refractivity contribution in [2.24, 2.45) is 52.1 Å². The molecule has 0 aromatic carbocycles. The van der Waals surface area contributed by atoms with Crippen LogP contribution in [-0.4, -0.2) is 54.1 Å². The van der Waals surface area contributed by atoms with Gasteiger partial charge in [-0.1, -0.05) is 53.9 Å². The van der Waals surface area contributed by atoms with Crippen LogP contribution in [0.5, 0.6) is 0 Å². The van der Waals surface area contributed by atoms with Gasteiger partial charge in [-0.15, -0.1) is 0 Å². The molecule has 0 aliphatic heterocycles. The molecule has 4 aliphatic carbocycles. The number of nitrogens with one attached hydrogen (secondary N) is 2. The summed E-state index contributed by atoms with van der Waals surface area (Å²) in [6, 6.07) is 0.0841. The smallest absolute Gasteiger partial charge is 0.0880 e. The number of hydrogen-bond acceptors (Lipinski definition) is 5. The van der Waals surface area contributed by atoms with Crippen LogP contribution in [0.25, 0.3) is 0 Å². The molecule has 0 radical (unpaired) electrons. The van der Waals surface area contributed by atoms with Crippen molar-refractivity contribution >= 4 is 0 Å². The molecule has 5 heteroatoms. The average molecular weight is 548 g/mol.